The monoisotopic (exact) mass is 244 g/mol. The number of nitrogens with zero attached hydrogens (tertiary/aromatic N) is 1. The first-order chi connectivity index (χ1) is 8.26. The van der Waals surface area contributed by atoms with E-state index in [1.807, 2.05) is 0 Å². The molecule has 0 aromatic heterocycles. The minimum absolute atomic E-state index is 0.0692. The van der Waals surface area contributed by atoms with E-state index in [4.69, 9.17) is 9.84 Å². The number of piperidine rings is 1. The maximum absolute atomic E-state index is 11.6. The molecule has 1 amide bonds. The summed E-state index contributed by atoms with van der Waals surface area (Å²) in [5, 5.41) is 12.0. The molecule has 1 aliphatic rings. The SMILES string of the molecule is COCCCNC(=O)CN1CCC[C@@H](CO)C1. The van der Waals surface area contributed by atoms with Crippen LogP contribution in [0.1, 0.15) is 19.3 Å². The van der Waals surface area contributed by atoms with E-state index in [1.165, 1.54) is 0 Å². The van der Waals surface area contributed by atoms with Gasteiger partial charge < -0.3 is 15.2 Å². The van der Waals surface area contributed by atoms with Crippen molar-refractivity contribution in [2.45, 2.75) is 19.3 Å². The molecule has 1 heterocycles. The van der Waals surface area contributed by atoms with Crippen molar-refractivity contribution in [1.29, 1.82) is 0 Å². The van der Waals surface area contributed by atoms with E-state index in [0.29, 0.717) is 25.6 Å². The average Bonchev–Trinajstić information content (AvgIpc) is 2.35. The molecule has 0 spiro atoms. The van der Waals surface area contributed by atoms with E-state index in [1.54, 1.807) is 7.11 Å². The second-order valence-corrected chi connectivity index (χ2v) is 4.62. The summed E-state index contributed by atoms with van der Waals surface area (Å²) in [6.45, 7) is 3.82. The molecule has 2 N–H and O–H groups in total. The summed E-state index contributed by atoms with van der Waals surface area (Å²) in [6, 6.07) is 0. The van der Waals surface area contributed by atoms with Gasteiger partial charge >= 0.3 is 0 Å². The summed E-state index contributed by atoms with van der Waals surface area (Å²) in [7, 11) is 1.66. The Bertz CT molecular complexity index is 224. The molecule has 0 radical (unpaired) electrons. The lowest BCUT2D eigenvalue weighted by molar-refractivity contribution is -0.122. The Balaban J connectivity index is 2.12. The van der Waals surface area contributed by atoms with Gasteiger partial charge in [-0.05, 0) is 31.7 Å². The molecule has 1 rings (SSSR count). The second kappa shape index (κ2) is 8.44. The molecule has 1 aliphatic heterocycles. The number of nitrogens with one attached hydrogen (secondary N) is 1. The van der Waals surface area contributed by atoms with Gasteiger partial charge in [0.25, 0.3) is 0 Å². The van der Waals surface area contributed by atoms with E-state index in [0.717, 1.165) is 32.4 Å². The Morgan fingerprint density at radius 3 is 3.12 bits per heavy atom. The van der Waals surface area contributed by atoms with Gasteiger partial charge in [-0.3, -0.25) is 9.69 Å². The first-order valence-corrected chi connectivity index (χ1v) is 6.35. The quantitative estimate of drug-likeness (QED) is 0.611. The van der Waals surface area contributed by atoms with Crippen molar-refractivity contribution in [3.05, 3.63) is 0 Å². The molecule has 0 aromatic carbocycles. The highest BCUT2D eigenvalue weighted by molar-refractivity contribution is 5.77. The molecule has 0 saturated carbocycles. The zero-order valence-electron chi connectivity index (χ0n) is 10.7. The Kier molecular flexibility index (Phi) is 7.16. The summed E-state index contributed by atoms with van der Waals surface area (Å²) in [5.41, 5.74) is 0. The van der Waals surface area contributed by atoms with Gasteiger partial charge in [0, 0.05) is 33.4 Å². The van der Waals surface area contributed by atoms with E-state index < -0.39 is 0 Å². The first kappa shape index (κ1) is 14.4. The lowest BCUT2D eigenvalue weighted by Gasteiger charge is -2.31. The van der Waals surface area contributed by atoms with Crippen LogP contribution in [0, 0.1) is 5.92 Å². The lowest BCUT2D eigenvalue weighted by atomic mass is 9.99. The summed E-state index contributed by atoms with van der Waals surface area (Å²) >= 11 is 0. The number of aliphatic hydroxyl groups is 1. The molecular weight excluding hydrogens is 220 g/mol. The summed E-state index contributed by atoms with van der Waals surface area (Å²) in [5.74, 6) is 0.407. The number of ether oxygens (including phenoxy) is 1. The van der Waals surface area contributed by atoms with Crippen LogP contribution in [0.4, 0.5) is 0 Å². The second-order valence-electron chi connectivity index (χ2n) is 4.62. The van der Waals surface area contributed by atoms with Gasteiger partial charge in [-0.15, -0.1) is 0 Å². The van der Waals surface area contributed by atoms with Crippen LogP contribution in [-0.2, 0) is 9.53 Å². The zero-order valence-corrected chi connectivity index (χ0v) is 10.7. The maximum Gasteiger partial charge on any atom is 0.234 e. The van der Waals surface area contributed by atoms with Crippen molar-refractivity contribution in [1.82, 2.24) is 10.2 Å². The van der Waals surface area contributed by atoms with Gasteiger partial charge in [0.15, 0.2) is 0 Å². The smallest absolute Gasteiger partial charge is 0.234 e. The third kappa shape index (κ3) is 6.00. The van der Waals surface area contributed by atoms with Crippen LogP contribution < -0.4 is 5.32 Å². The highest BCUT2D eigenvalue weighted by Crippen LogP contribution is 2.14. The highest BCUT2D eigenvalue weighted by Gasteiger charge is 2.20. The number of methoxy groups -OCH3 is 1. The molecular formula is C12H24N2O3. The fraction of sp³-hybridized carbons (Fsp3) is 0.917. The third-order valence-electron chi connectivity index (χ3n) is 3.08. The standard InChI is InChI=1S/C12H24N2O3/c1-17-7-3-5-13-12(16)9-14-6-2-4-11(8-14)10-15/h11,15H,2-10H2,1H3,(H,13,16)/t11-/m1/s1. The number of hydrogen-bond acceptors (Lipinski definition) is 4. The van der Waals surface area contributed by atoms with Crippen molar-refractivity contribution in [3.8, 4) is 0 Å². The molecule has 1 atom stereocenters. The molecule has 1 saturated heterocycles. The number of hydrogen-bond donors (Lipinski definition) is 2. The highest BCUT2D eigenvalue weighted by atomic mass is 16.5. The summed E-state index contributed by atoms with van der Waals surface area (Å²) in [6.07, 6.45) is 2.99. The molecule has 5 nitrogen and oxygen atoms in total. The Labute approximate surface area is 103 Å². The van der Waals surface area contributed by atoms with E-state index in [2.05, 4.69) is 10.2 Å². The topological polar surface area (TPSA) is 61.8 Å². The van der Waals surface area contributed by atoms with Crippen LogP contribution in [0.2, 0.25) is 0 Å². The third-order valence-corrected chi connectivity index (χ3v) is 3.08. The van der Waals surface area contributed by atoms with Crippen molar-refractivity contribution in [2.75, 3.05) is 46.5 Å². The fourth-order valence-electron chi connectivity index (χ4n) is 2.15. The molecule has 5 heteroatoms. The number of carbonyl (C=O) groups excluding carboxylic acids is 1. The van der Waals surface area contributed by atoms with Crippen LogP contribution in [-0.4, -0.2) is 62.4 Å². The molecule has 0 aromatic rings. The number of carbonyl (C=O) groups is 1. The number of rotatable bonds is 7. The molecule has 0 unspecified atom stereocenters. The van der Waals surface area contributed by atoms with Crippen LogP contribution in [0.15, 0.2) is 0 Å². The van der Waals surface area contributed by atoms with Gasteiger partial charge in [-0.2, -0.15) is 0 Å². The summed E-state index contributed by atoms with van der Waals surface area (Å²) < 4.78 is 4.91. The van der Waals surface area contributed by atoms with Crippen LogP contribution in [0.5, 0.6) is 0 Å². The first-order valence-electron chi connectivity index (χ1n) is 6.35. The number of amides is 1. The van der Waals surface area contributed by atoms with Gasteiger partial charge in [0.05, 0.1) is 6.54 Å². The summed E-state index contributed by atoms with van der Waals surface area (Å²) in [4.78, 5) is 13.7. The molecule has 17 heavy (non-hydrogen) atoms. The molecule has 0 aliphatic carbocycles. The van der Waals surface area contributed by atoms with E-state index in [-0.39, 0.29) is 12.5 Å². The van der Waals surface area contributed by atoms with Gasteiger partial charge in [0.2, 0.25) is 5.91 Å². The van der Waals surface area contributed by atoms with E-state index >= 15 is 0 Å². The number of likely N-dealkylation sites (tertiary alicyclic amines) is 1. The van der Waals surface area contributed by atoms with Crippen molar-refractivity contribution in [3.63, 3.8) is 0 Å². The maximum atomic E-state index is 11.6. The van der Waals surface area contributed by atoms with Crippen LogP contribution >= 0.6 is 0 Å². The van der Waals surface area contributed by atoms with Gasteiger partial charge in [-0.25, -0.2) is 0 Å². The fourth-order valence-corrected chi connectivity index (χ4v) is 2.15. The molecule has 100 valence electrons. The Hall–Kier alpha value is -0.650. The van der Waals surface area contributed by atoms with Crippen molar-refractivity contribution < 1.29 is 14.6 Å². The van der Waals surface area contributed by atoms with Crippen molar-refractivity contribution >= 4 is 5.91 Å². The predicted molar refractivity (Wildman–Crippen MR) is 65.8 cm³/mol. The normalized spacial score (nSPS) is 21.4. The lowest BCUT2D eigenvalue weighted by Crippen LogP contribution is -2.43. The Morgan fingerprint density at radius 2 is 2.41 bits per heavy atom. The number of aliphatic hydroxyl groups excluding tert-OH is 1. The Morgan fingerprint density at radius 1 is 1.59 bits per heavy atom. The van der Waals surface area contributed by atoms with E-state index in [9.17, 15) is 4.79 Å². The van der Waals surface area contributed by atoms with Crippen LogP contribution in [0.25, 0.3) is 0 Å². The minimum Gasteiger partial charge on any atom is -0.396 e. The van der Waals surface area contributed by atoms with Crippen LogP contribution in [0.3, 0.4) is 0 Å². The average molecular weight is 244 g/mol. The van der Waals surface area contributed by atoms with Gasteiger partial charge in [0.1, 0.15) is 0 Å². The molecule has 1 fully saturated rings. The predicted octanol–water partition coefficient (Wildman–Crippen LogP) is -0.157. The zero-order chi connectivity index (χ0) is 12.5. The van der Waals surface area contributed by atoms with Gasteiger partial charge in [-0.1, -0.05) is 0 Å². The largest absolute Gasteiger partial charge is 0.396 e. The molecule has 0 bridgehead atoms. The van der Waals surface area contributed by atoms with Crippen molar-refractivity contribution in [2.24, 2.45) is 5.92 Å². The minimum atomic E-state index is 0.0692.